The fourth-order valence-electron chi connectivity index (χ4n) is 3.46. The largest absolute Gasteiger partial charge is 0.469 e. The van der Waals surface area contributed by atoms with E-state index in [1.807, 2.05) is 24.3 Å². The van der Waals surface area contributed by atoms with Gasteiger partial charge in [0.2, 0.25) is 0 Å². The van der Waals surface area contributed by atoms with Gasteiger partial charge in [-0.1, -0.05) is 18.2 Å². The molecular formula is C19H24N2O4. The Balaban J connectivity index is 1.80. The van der Waals surface area contributed by atoms with Gasteiger partial charge in [0.25, 0.3) is 0 Å². The smallest absolute Gasteiger partial charge is 0.355 e. The molecule has 6 heteroatoms. The summed E-state index contributed by atoms with van der Waals surface area (Å²) in [5.74, 6) is -0.467. The van der Waals surface area contributed by atoms with Gasteiger partial charge in [0, 0.05) is 23.0 Å². The molecule has 0 saturated carbocycles. The van der Waals surface area contributed by atoms with E-state index in [-0.39, 0.29) is 17.9 Å². The Labute approximate surface area is 147 Å². The van der Waals surface area contributed by atoms with Gasteiger partial charge in [-0.15, -0.1) is 0 Å². The molecule has 0 spiro atoms. The lowest BCUT2D eigenvalue weighted by molar-refractivity contribution is -0.147. The van der Waals surface area contributed by atoms with Crippen LogP contribution in [0.4, 0.5) is 0 Å². The highest BCUT2D eigenvalue weighted by Crippen LogP contribution is 2.27. The molecule has 1 aliphatic rings. The summed E-state index contributed by atoms with van der Waals surface area (Å²) >= 11 is 0. The standard InChI is InChI=1S/C19H24N2O4/c1-3-25-19(23)17-15(14-6-4-5-7-16(14)20-17)12-21-10-8-13(9-11-21)18(22)24-2/h4-7,13,20H,3,8-12H2,1-2H3. The Morgan fingerprint density at radius 2 is 1.96 bits per heavy atom. The SMILES string of the molecule is CCOC(=O)c1[nH]c2ccccc2c1CN1CCC(C(=O)OC)CC1. The Kier molecular flexibility index (Phi) is 5.38. The second-order valence-electron chi connectivity index (χ2n) is 6.32. The maximum Gasteiger partial charge on any atom is 0.355 e. The van der Waals surface area contributed by atoms with Gasteiger partial charge in [-0.3, -0.25) is 9.69 Å². The van der Waals surface area contributed by atoms with E-state index in [0.717, 1.165) is 42.4 Å². The fraction of sp³-hybridized carbons (Fsp3) is 0.474. The molecule has 0 unspecified atom stereocenters. The zero-order valence-electron chi connectivity index (χ0n) is 14.7. The number of nitrogens with one attached hydrogen (secondary N) is 1. The molecule has 1 aliphatic heterocycles. The highest BCUT2D eigenvalue weighted by Gasteiger charge is 2.27. The van der Waals surface area contributed by atoms with Gasteiger partial charge < -0.3 is 14.5 Å². The first-order valence-corrected chi connectivity index (χ1v) is 8.71. The van der Waals surface area contributed by atoms with Gasteiger partial charge >= 0.3 is 11.9 Å². The first-order valence-electron chi connectivity index (χ1n) is 8.71. The van der Waals surface area contributed by atoms with E-state index >= 15 is 0 Å². The van der Waals surface area contributed by atoms with Crippen molar-refractivity contribution in [2.24, 2.45) is 5.92 Å². The van der Waals surface area contributed by atoms with Crippen molar-refractivity contribution in [1.82, 2.24) is 9.88 Å². The number of hydrogen-bond donors (Lipinski definition) is 1. The van der Waals surface area contributed by atoms with Crippen molar-refractivity contribution in [3.63, 3.8) is 0 Å². The molecule has 3 rings (SSSR count). The normalized spacial score (nSPS) is 16.1. The van der Waals surface area contributed by atoms with Crippen LogP contribution >= 0.6 is 0 Å². The number of esters is 2. The topological polar surface area (TPSA) is 71.6 Å². The molecule has 2 heterocycles. The molecule has 1 aromatic heterocycles. The number of para-hydroxylation sites is 1. The molecule has 6 nitrogen and oxygen atoms in total. The monoisotopic (exact) mass is 344 g/mol. The number of carbonyl (C=O) groups is 2. The van der Waals surface area contributed by atoms with Crippen LogP contribution in [0.5, 0.6) is 0 Å². The van der Waals surface area contributed by atoms with Gasteiger partial charge in [0.1, 0.15) is 5.69 Å². The quantitative estimate of drug-likeness (QED) is 0.845. The van der Waals surface area contributed by atoms with Gasteiger partial charge in [0.05, 0.1) is 19.6 Å². The third kappa shape index (κ3) is 3.69. The second kappa shape index (κ2) is 7.70. The summed E-state index contributed by atoms with van der Waals surface area (Å²) in [6.45, 7) is 4.42. The zero-order valence-corrected chi connectivity index (χ0v) is 14.7. The summed E-state index contributed by atoms with van der Waals surface area (Å²) in [4.78, 5) is 29.5. The summed E-state index contributed by atoms with van der Waals surface area (Å²) in [6.07, 6.45) is 1.56. The van der Waals surface area contributed by atoms with Crippen LogP contribution in [0.25, 0.3) is 10.9 Å². The number of rotatable bonds is 5. The Hall–Kier alpha value is -2.34. The van der Waals surface area contributed by atoms with Crippen LogP contribution in [0.2, 0.25) is 0 Å². The van der Waals surface area contributed by atoms with Crippen molar-refractivity contribution in [3.05, 3.63) is 35.5 Å². The number of carbonyl (C=O) groups excluding carboxylic acids is 2. The molecule has 0 amide bonds. The molecule has 0 atom stereocenters. The average Bonchev–Trinajstić information content (AvgIpc) is 3.01. The van der Waals surface area contributed by atoms with Crippen molar-refractivity contribution < 1.29 is 19.1 Å². The minimum atomic E-state index is -0.321. The number of methoxy groups -OCH3 is 1. The molecule has 1 fully saturated rings. The van der Waals surface area contributed by atoms with Crippen LogP contribution in [0.15, 0.2) is 24.3 Å². The van der Waals surface area contributed by atoms with Crippen LogP contribution in [-0.4, -0.2) is 48.6 Å². The summed E-state index contributed by atoms with van der Waals surface area (Å²) < 4.78 is 10.0. The molecule has 0 aliphatic carbocycles. The molecule has 1 saturated heterocycles. The van der Waals surface area contributed by atoms with Crippen molar-refractivity contribution >= 4 is 22.8 Å². The summed E-state index contributed by atoms with van der Waals surface area (Å²) in [5, 5.41) is 1.04. The number of ether oxygens (including phenoxy) is 2. The highest BCUT2D eigenvalue weighted by atomic mass is 16.5. The number of benzene rings is 1. The molecule has 1 N–H and O–H groups in total. The number of likely N-dealkylation sites (tertiary alicyclic amines) is 1. The third-order valence-corrected chi connectivity index (χ3v) is 4.80. The average molecular weight is 344 g/mol. The van der Waals surface area contributed by atoms with Crippen molar-refractivity contribution in [3.8, 4) is 0 Å². The predicted octanol–water partition coefficient (Wildman–Crippen LogP) is 2.73. The van der Waals surface area contributed by atoms with Gasteiger partial charge in [-0.2, -0.15) is 0 Å². The van der Waals surface area contributed by atoms with E-state index in [9.17, 15) is 9.59 Å². The maximum atomic E-state index is 12.3. The van der Waals surface area contributed by atoms with E-state index in [4.69, 9.17) is 9.47 Å². The Bertz CT molecular complexity index is 760. The number of piperidine rings is 1. The number of H-pyrrole nitrogens is 1. The van der Waals surface area contributed by atoms with Crippen molar-refractivity contribution in [2.75, 3.05) is 26.8 Å². The molecular weight excluding hydrogens is 320 g/mol. The number of aromatic amines is 1. The number of aromatic nitrogens is 1. The third-order valence-electron chi connectivity index (χ3n) is 4.80. The summed E-state index contributed by atoms with van der Waals surface area (Å²) in [6, 6.07) is 7.90. The number of fused-ring (bicyclic) bond motifs is 1. The molecule has 2 aromatic rings. The van der Waals surface area contributed by atoms with Gasteiger partial charge in [-0.25, -0.2) is 4.79 Å². The Morgan fingerprint density at radius 3 is 2.64 bits per heavy atom. The minimum Gasteiger partial charge on any atom is -0.469 e. The lowest BCUT2D eigenvalue weighted by Gasteiger charge is -2.30. The van der Waals surface area contributed by atoms with Gasteiger partial charge in [-0.05, 0) is 38.9 Å². The van der Waals surface area contributed by atoms with Gasteiger partial charge in [0.15, 0.2) is 0 Å². The lowest BCUT2D eigenvalue weighted by Crippen LogP contribution is -2.36. The minimum absolute atomic E-state index is 0.0197. The lowest BCUT2D eigenvalue weighted by atomic mass is 9.96. The van der Waals surface area contributed by atoms with Crippen molar-refractivity contribution in [2.45, 2.75) is 26.3 Å². The number of hydrogen-bond acceptors (Lipinski definition) is 5. The van der Waals surface area contributed by atoms with Crippen LogP contribution < -0.4 is 0 Å². The first-order chi connectivity index (χ1) is 12.1. The zero-order chi connectivity index (χ0) is 17.8. The highest BCUT2D eigenvalue weighted by molar-refractivity contribution is 5.98. The molecule has 25 heavy (non-hydrogen) atoms. The Morgan fingerprint density at radius 1 is 1.24 bits per heavy atom. The van der Waals surface area contributed by atoms with E-state index < -0.39 is 0 Å². The van der Waals surface area contributed by atoms with Crippen LogP contribution in [-0.2, 0) is 20.8 Å². The van der Waals surface area contributed by atoms with E-state index in [1.54, 1.807) is 6.92 Å². The van der Waals surface area contributed by atoms with E-state index in [2.05, 4.69) is 9.88 Å². The summed E-state index contributed by atoms with van der Waals surface area (Å²) in [7, 11) is 1.44. The van der Waals surface area contributed by atoms with Crippen LogP contribution in [0.3, 0.4) is 0 Å². The second-order valence-corrected chi connectivity index (χ2v) is 6.32. The first kappa shape index (κ1) is 17.5. The van der Waals surface area contributed by atoms with Crippen molar-refractivity contribution in [1.29, 1.82) is 0 Å². The number of nitrogens with zero attached hydrogens (tertiary/aromatic N) is 1. The van der Waals surface area contributed by atoms with E-state index in [1.165, 1.54) is 7.11 Å². The van der Waals surface area contributed by atoms with Crippen LogP contribution in [0, 0.1) is 5.92 Å². The molecule has 0 bridgehead atoms. The van der Waals surface area contributed by atoms with Crippen LogP contribution in [0.1, 0.15) is 35.8 Å². The maximum absolute atomic E-state index is 12.3. The van der Waals surface area contributed by atoms with E-state index in [0.29, 0.717) is 18.8 Å². The molecule has 134 valence electrons. The molecule has 0 radical (unpaired) electrons. The fourth-order valence-corrected chi connectivity index (χ4v) is 3.46. The predicted molar refractivity (Wildman–Crippen MR) is 94.3 cm³/mol. The summed E-state index contributed by atoms with van der Waals surface area (Å²) in [5.41, 5.74) is 2.42. The molecule has 1 aromatic carbocycles.